The smallest absolute Gasteiger partial charge is 0.120 e. The number of hydrogen-bond acceptors (Lipinski definition) is 1. The lowest BCUT2D eigenvalue weighted by atomic mass is 10.1. The first-order valence-corrected chi connectivity index (χ1v) is 5.66. The molecule has 0 aromatic heterocycles. The van der Waals surface area contributed by atoms with E-state index in [1.165, 1.54) is 0 Å². The van der Waals surface area contributed by atoms with Crippen molar-refractivity contribution in [3.8, 4) is 5.75 Å². The van der Waals surface area contributed by atoms with Crippen molar-refractivity contribution in [1.29, 1.82) is 0 Å². The maximum atomic E-state index is 6.08. The first kappa shape index (κ1) is 11.7. The molecule has 0 unspecified atom stereocenters. The van der Waals surface area contributed by atoms with Crippen LogP contribution in [0.2, 0.25) is 5.02 Å². The molecular weight excluding hydrogens is 219 g/mol. The van der Waals surface area contributed by atoms with Crippen LogP contribution >= 0.6 is 23.2 Å². The molecule has 0 aliphatic heterocycles. The Morgan fingerprint density at radius 1 is 1.36 bits per heavy atom. The normalized spacial score (nSPS) is 10.2. The lowest BCUT2D eigenvalue weighted by molar-refractivity contribution is 0.340. The first-order valence-electron chi connectivity index (χ1n) is 4.75. The molecule has 78 valence electrons. The minimum Gasteiger partial charge on any atom is -0.494 e. The van der Waals surface area contributed by atoms with E-state index in [-0.39, 0.29) is 0 Å². The molecule has 1 rings (SSSR count). The van der Waals surface area contributed by atoms with Crippen LogP contribution in [0.5, 0.6) is 5.75 Å². The highest BCUT2D eigenvalue weighted by Gasteiger charge is 2.01. The van der Waals surface area contributed by atoms with Gasteiger partial charge in [-0.15, -0.1) is 11.6 Å². The van der Waals surface area contributed by atoms with Gasteiger partial charge in [0.05, 0.1) is 6.61 Å². The van der Waals surface area contributed by atoms with E-state index in [0.717, 1.165) is 29.2 Å². The van der Waals surface area contributed by atoms with Crippen molar-refractivity contribution in [1.82, 2.24) is 0 Å². The largest absolute Gasteiger partial charge is 0.494 e. The lowest BCUT2D eigenvalue weighted by Gasteiger charge is -2.06. The molecule has 0 saturated carbocycles. The van der Waals surface area contributed by atoms with Gasteiger partial charge < -0.3 is 4.74 Å². The molecule has 0 aliphatic carbocycles. The number of rotatable bonds is 5. The molecular formula is C11H14Cl2O. The van der Waals surface area contributed by atoms with Crippen LogP contribution in [0.25, 0.3) is 0 Å². The minimum absolute atomic E-state index is 0.664. The molecule has 1 nitrogen and oxygen atoms in total. The average molecular weight is 233 g/mol. The highest BCUT2D eigenvalue weighted by atomic mass is 35.5. The molecule has 0 heterocycles. The Kier molecular flexibility index (Phi) is 5.13. The molecule has 1 aromatic rings. The summed E-state index contributed by atoms with van der Waals surface area (Å²) in [7, 11) is 0. The maximum Gasteiger partial charge on any atom is 0.120 e. The van der Waals surface area contributed by atoms with Crippen LogP contribution in [-0.2, 0) is 6.42 Å². The second-order valence-corrected chi connectivity index (χ2v) is 3.76. The Balaban J connectivity index is 2.68. The number of benzene rings is 1. The Morgan fingerprint density at radius 2 is 2.14 bits per heavy atom. The van der Waals surface area contributed by atoms with E-state index in [9.17, 15) is 0 Å². The minimum atomic E-state index is 0.664. The van der Waals surface area contributed by atoms with Gasteiger partial charge in [-0.1, -0.05) is 17.7 Å². The summed E-state index contributed by atoms with van der Waals surface area (Å²) in [6, 6.07) is 5.80. The van der Waals surface area contributed by atoms with Gasteiger partial charge in [0.1, 0.15) is 5.75 Å². The van der Waals surface area contributed by atoms with Crippen molar-refractivity contribution < 1.29 is 4.74 Å². The van der Waals surface area contributed by atoms with E-state index in [0.29, 0.717) is 12.5 Å². The number of hydrogen-bond donors (Lipinski definition) is 0. The van der Waals surface area contributed by atoms with Crippen LogP contribution in [0, 0.1) is 0 Å². The topological polar surface area (TPSA) is 9.23 Å². The number of alkyl halides is 1. The summed E-state index contributed by atoms with van der Waals surface area (Å²) in [5.74, 6) is 1.50. The quantitative estimate of drug-likeness (QED) is 0.700. The van der Waals surface area contributed by atoms with Crippen molar-refractivity contribution in [2.24, 2.45) is 0 Å². The van der Waals surface area contributed by atoms with E-state index in [4.69, 9.17) is 27.9 Å². The number of aryl methyl sites for hydroxylation is 1. The zero-order valence-electron chi connectivity index (χ0n) is 8.22. The van der Waals surface area contributed by atoms with Crippen molar-refractivity contribution in [2.45, 2.75) is 19.8 Å². The van der Waals surface area contributed by atoms with Gasteiger partial charge in [-0.25, -0.2) is 0 Å². The van der Waals surface area contributed by atoms with Gasteiger partial charge in [0.15, 0.2) is 0 Å². The predicted molar refractivity (Wildman–Crippen MR) is 61.7 cm³/mol. The standard InChI is InChI=1S/C11H14Cl2O/c1-2-14-10-6-5-9(4-3-7-12)11(13)8-10/h5-6,8H,2-4,7H2,1H3. The summed E-state index contributed by atoms with van der Waals surface area (Å²) < 4.78 is 5.34. The third-order valence-corrected chi connectivity index (χ3v) is 2.53. The number of ether oxygens (including phenoxy) is 1. The number of halogens is 2. The summed E-state index contributed by atoms with van der Waals surface area (Å²) in [5.41, 5.74) is 1.13. The molecule has 1 aromatic carbocycles. The fourth-order valence-corrected chi connectivity index (χ4v) is 1.64. The molecule has 14 heavy (non-hydrogen) atoms. The van der Waals surface area contributed by atoms with Gasteiger partial charge in [-0.2, -0.15) is 0 Å². The Labute approximate surface area is 95.0 Å². The van der Waals surface area contributed by atoms with Crippen LogP contribution in [-0.4, -0.2) is 12.5 Å². The lowest BCUT2D eigenvalue weighted by Crippen LogP contribution is -1.93. The van der Waals surface area contributed by atoms with Crippen LogP contribution in [0.1, 0.15) is 18.9 Å². The third kappa shape index (κ3) is 3.39. The van der Waals surface area contributed by atoms with Crippen molar-refractivity contribution >= 4 is 23.2 Å². The highest BCUT2D eigenvalue weighted by Crippen LogP contribution is 2.23. The van der Waals surface area contributed by atoms with Gasteiger partial charge in [0, 0.05) is 10.9 Å². The fraction of sp³-hybridized carbons (Fsp3) is 0.455. The van der Waals surface area contributed by atoms with Gasteiger partial charge in [-0.3, -0.25) is 0 Å². The summed E-state index contributed by atoms with van der Waals surface area (Å²) in [6.45, 7) is 2.62. The molecule has 0 saturated heterocycles. The zero-order valence-corrected chi connectivity index (χ0v) is 9.74. The van der Waals surface area contributed by atoms with Gasteiger partial charge in [0.2, 0.25) is 0 Å². The van der Waals surface area contributed by atoms with Crippen molar-refractivity contribution in [3.05, 3.63) is 28.8 Å². The molecule has 0 radical (unpaired) electrons. The highest BCUT2D eigenvalue weighted by molar-refractivity contribution is 6.31. The molecule has 3 heteroatoms. The Morgan fingerprint density at radius 3 is 2.71 bits per heavy atom. The SMILES string of the molecule is CCOc1ccc(CCCCl)c(Cl)c1. The predicted octanol–water partition coefficient (Wildman–Crippen LogP) is 3.91. The summed E-state index contributed by atoms with van der Waals surface area (Å²) >= 11 is 11.7. The zero-order chi connectivity index (χ0) is 10.4. The van der Waals surface area contributed by atoms with Crippen LogP contribution in [0.4, 0.5) is 0 Å². The monoisotopic (exact) mass is 232 g/mol. The maximum absolute atomic E-state index is 6.08. The van der Waals surface area contributed by atoms with Gasteiger partial charge >= 0.3 is 0 Å². The van der Waals surface area contributed by atoms with E-state index in [2.05, 4.69) is 0 Å². The van der Waals surface area contributed by atoms with Crippen molar-refractivity contribution in [2.75, 3.05) is 12.5 Å². The molecule has 0 bridgehead atoms. The fourth-order valence-electron chi connectivity index (χ4n) is 1.24. The van der Waals surface area contributed by atoms with E-state index < -0.39 is 0 Å². The summed E-state index contributed by atoms with van der Waals surface area (Å²) in [6.07, 6.45) is 1.88. The second kappa shape index (κ2) is 6.15. The average Bonchev–Trinajstić information content (AvgIpc) is 2.17. The molecule has 0 N–H and O–H groups in total. The van der Waals surface area contributed by atoms with E-state index in [1.54, 1.807) is 0 Å². The van der Waals surface area contributed by atoms with Crippen LogP contribution in [0.15, 0.2) is 18.2 Å². The molecule has 0 fully saturated rings. The van der Waals surface area contributed by atoms with Crippen molar-refractivity contribution in [3.63, 3.8) is 0 Å². The van der Waals surface area contributed by atoms with E-state index >= 15 is 0 Å². The summed E-state index contributed by atoms with van der Waals surface area (Å²) in [4.78, 5) is 0. The molecule has 0 amide bonds. The second-order valence-electron chi connectivity index (χ2n) is 2.98. The Bertz CT molecular complexity index is 287. The van der Waals surface area contributed by atoms with Crippen LogP contribution < -0.4 is 4.74 Å². The Hall–Kier alpha value is -0.400. The van der Waals surface area contributed by atoms with Gasteiger partial charge in [0.25, 0.3) is 0 Å². The molecule has 0 aliphatic rings. The van der Waals surface area contributed by atoms with E-state index in [1.807, 2.05) is 25.1 Å². The molecule has 0 spiro atoms. The van der Waals surface area contributed by atoms with Crippen LogP contribution in [0.3, 0.4) is 0 Å². The van der Waals surface area contributed by atoms with Gasteiger partial charge in [-0.05, 0) is 37.5 Å². The third-order valence-electron chi connectivity index (χ3n) is 1.92. The summed E-state index contributed by atoms with van der Waals surface area (Å²) in [5, 5.41) is 0.765. The molecule has 0 atom stereocenters. The first-order chi connectivity index (χ1) is 6.77.